The quantitative estimate of drug-likeness (QED) is 0.882. The number of carboxylic acid groups (broad SMARTS) is 1. The number of anilines is 1. The van der Waals surface area contributed by atoms with Crippen LogP contribution in [0.25, 0.3) is 0 Å². The van der Waals surface area contributed by atoms with Crippen LogP contribution in [0.2, 0.25) is 0 Å². The third-order valence-corrected chi connectivity index (χ3v) is 4.16. The van der Waals surface area contributed by atoms with Crippen molar-refractivity contribution in [1.29, 1.82) is 0 Å². The molecule has 0 spiro atoms. The normalized spacial score (nSPS) is 23.7. The lowest BCUT2D eigenvalue weighted by Gasteiger charge is -2.30. The topological polar surface area (TPSA) is 49.3 Å². The van der Waals surface area contributed by atoms with Gasteiger partial charge in [-0.15, -0.1) is 0 Å². The highest BCUT2D eigenvalue weighted by atomic mass is 79.9. The van der Waals surface area contributed by atoms with E-state index in [1.165, 1.54) is 19.3 Å². The fourth-order valence-electron chi connectivity index (χ4n) is 2.55. The van der Waals surface area contributed by atoms with Gasteiger partial charge in [-0.3, -0.25) is 0 Å². The molecule has 2 atom stereocenters. The molecule has 0 saturated heterocycles. The molecular formula is C14H18BrNO2. The molecule has 1 aliphatic rings. The molecule has 0 aliphatic heterocycles. The lowest BCUT2D eigenvalue weighted by Crippen LogP contribution is -2.30. The minimum absolute atomic E-state index is 0.335. The summed E-state index contributed by atoms with van der Waals surface area (Å²) in [7, 11) is 0. The molecule has 2 N–H and O–H groups in total. The van der Waals surface area contributed by atoms with Crippen molar-refractivity contribution in [3.8, 4) is 0 Å². The molecule has 18 heavy (non-hydrogen) atoms. The van der Waals surface area contributed by atoms with Gasteiger partial charge in [-0.05, 0) is 37.0 Å². The highest BCUT2D eigenvalue weighted by molar-refractivity contribution is 9.10. The van der Waals surface area contributed by atoms with E-state index in [-0.39, 0.29) is 0 Å². The van der Waals surface area contributed by atoms with Gasteiger partial charge in [-0.25, -0.2) is 4.79 Å². The Morgan fingerprint density at radius 1 is 1.39 bits per heavy atom. The zero-order chi connectivity index (χ0) is 13.1. The number of rotatable bonds is 3. The van der Waals surface area contributed by atoms with Gasteiger partial charge in [0.1, 0.15) is 0 Å². The van der Waals surface area contributed by atoms with E-state index in [1.54, 1.807) is 6.07 Å². The zero-order valence-electron chi connectivity index (χ0n) is 10.4. The smallest absolute Gasteiger partial charge is 0.337 e. The number of carboxylic acids is 1. The maximum atomic E-state index is 11.2. The number of halogens is 1. The molecular weight excluding hydrogens is 294 g/mol. The summed E-state index contributed by atoms with van der Waals surface area (Å²) in [5.74, 6) is -0.286. The lowest BCUT2D eigenvalue weighted by atomic mass is 9.85. The summed E-state index contributed by atoms with van der Waals surface area (Å²) < 4.78 is 0.794. The molecule has 0 amide bonds. The molecule has 0 bridgehead atoms. The van der Waals surface area contributed by atoms with Gasteiger partial charge in [0.2, 0.25) is 0 Å². The van der Waals surface area contributed by atoms with E-state index in [2.05, 4.69) is 28.2 Å². The van der Waals surface area contributed by atoms with Gasteiger partial charge >= 0.3 is 5.97 Å². The minimum atomic E-state index is -0.887. The van der Waals surface area contributed by atoms with Gasteiger partial charge in [-0.2, -0.15) is 0 Å². The Morgan fingerprint density at radius 2 is 2.11 bits per heavy atom. The largest absolute Gasteiger partial charge is 0.478 e. The maximum absolute atomic E-state index is 11.2. The van der Waals surface area contributed by atoms with Crippen LogP contribution in [0.3, 0.4) is 0 Å². The van der Waals surface area contributed by atoms with Crippen LogP contribution in [0.5, 0.6) is 0 Å². The molecule has 98 valence electrons. The van der Waals surface area contributed by atoms with E-state index < -0.39 is 5.97 Å². The first-order chi connectivity index (χ1) is 8.58. The summed E-state index contributed by atoms with van der Waals surface area (Å²) in [4.78, 5) is 11.2. The number of benzene rings is 1. The third-order valence-electron chi connectivity index (χ3n) is 3.66. The van der Waals surface area contributed by atoms with Gasteiger partial charge in [-0.1, -0.05) is 35.7 Å². The Bertz CT molecular complexity index is 447. The Hall–Kier alpha value is -1.03. The van der Waals surface area contributed by atoms with E-state index in [0.717, 1.165) is 16.6 Å². The van der Waals surface area contributed by atoms with Crippen LogP contribution in [-0.4, -0.2) is 17.1 Å². The molecule has 0 aromatic heterocycles. The Balaban J connectivity index is 2.20. The predicted octanol–water partition coefficient (Wildman–Crippen LogP) is 4.14. The van der Waals surface area contributed by atoms with E-state index >= 15 is 0 Å². The zero-order valence-corrected chi connectivity index (χ0v) is 12.0. The molecule has 1 aromatic rings. The minimum Gasteiger partial charge on any atom is -0.478 e. The second-order valence-electron chi connectivity index (χ2n) is 5.01. The van der Waals surface area contributed by atoms with Crippen LogP contribution in [-0.2, 0) is 0 Å². The van der Waals surface area contributed by atoms with E-state index in [4.69, 9.17) is 0 Å². The average Bonchev–Trinajstić information content (AvgIpc) is 2.34. The number of aromatic carboxylic acids is 1. The highest BCUT2D eigenvalue weighted by Gasteiger charge is 2.22. The van der Waals surface area contributed by atoms with Crippen LogP contribution < -0.4 is 5.32 Å². The van der Waals surface area contributed by atoms with Crippen molar-refractivity contribution in [1.82, 2.24) is 0 Å². The Morgan fingerprint density at radius 3 is 2.78 bits per heavy atom. The SMILES string of the molecule is CC1CCCCC1Nc1ccc(Br)cc1C(=O)O. The number of hydrogen-bond donors (Lipinski definition) is 2. The van der Waals surface area contributed by atoms with Crippen LogP contribution in [0.4, 0.5) is 5.69 Å². The van der Waals surface area contributed by atoms with Crippen molar-refractivity contribution >= 4 is 27.6 Å². The Kier molecular flexibility index (Phi) is 4.27. The third kappa shape index (κ3) is 3.05. The molecule has 1 fully saturated rings. The summed E-state index contributed by atoms with van der Waals surface area (Å²) in [6, 6.07) is 5.76. The summed E-state index contributed by atoms with van der Waals surface area (Å²) >= 11 is 3.31. The molecule has 4 heteroatoms. The standard InChI is InChI=1S/C14H18BrNO2/c1-9-4-2-3-5-12(9)16-13-7-6-10(15)8-11(13)14(17)18/h6-9,12,16H,2-5H2,1H3,(H,17,18). The van der Waals surface area contributed by atoms with Gasteiger partial charge in [0.05, 0.1) is 5.56 Å². The van der Waals surface area contributed by atoms with Crippen molar-refractivity contribution in [2.75, 3.05) is 5.32 Å². The van der Waals surface area contributed by atoms with Crippen LogP contribution in [0.1, 0.15) is 43.0 Å². The molecule has 3 nitrogen and oxygen atoms in total. The highest BCUT2D eigenvalue weighted by Crippen LogP contribution is 2.29. The van der Waals surface area contributed by atoms with Crippen LogP contribution in [0, 0.1) is 5.92 Å². The fraction of sp³-hybridized carbons (Fsp3) is 0.500. The van der Waals surface area contributed by atoms with E-state index in [9.17, 15) is 9.90 Å². The monoisotopic (exact) mass is 311 g/mol. The van der Waals surface area contributed by atoms with Gasteiger partial charge in [0, 0.05) is 16.2 Å². The summed E-state index contributed by atoms with van der Waals surface area (Å²) in [6.45, 7) is 2.23. The van der Waals surface area contributed by atoms with Crippen molar-refractivity contribution in [3.05, 3.63) is 28.2 Å². The lowest BCUT2D eigenvalue weighted by molar-refractivity contribution is 0.0697. The first kappa shape index (κ1) is 13.4. The molecule has 1 aliphatic carbocycles. The summed E-state index contributed by atoms with van der Waals surface area (Å²) in [6.07, 6.45) is 4.85. The molecule has 1 saturated carbocycles. The predicted molar refractivity (Wildman–Crippen MR) is 76.1 cm³/mol. The molecule has 2 unspecified atom stereocenters. The van der Waals surface area contributed by atoms with Crippen molar-refractivity contribution < 1.29 is 9.90 Å². The van der Waals surface area contributed by atoms with Crippen LogP contribution in [0.15, 0.2) is 22.7 Å². The van der Waals surface area contributed by atoms with Crippen molar-refractivity contribution in [2.24, 2.45) is 5.92 Å². The van der Waals surface area contributed by atoms with Gasteiger partial charge in [0.15, 0.2) is 0 Å². The van der Waals surface area contributed by atoms with Crippen LogP contribution >= 0.6 is 15.9 Å². The van der Waals surface area contributed by atoms with Crippen molar-refractivity contribution in [2.45, 2.75) is 38.6 Å². The van der Waals surface area contributed by atoms with Gasteiger partial charge < -0.3 is 10.4 Å². The molecule has 2 rings (SSSR count). The maximum Gasteiger partial charge on any atom is 0.337 e. The van der Waals surface area contributed by atoms with Gasteiger partial charge in [0.25, 0.3) is 0 Å². The van der Waals surface area contributed by atoms with E-state index in [1.807, 2.05) is 12.1 Å². The van der Waals surface area contributed by atoms with E-state index in [0.29, 0.717) is 17.5 Å². The fourth-order valence-corrected chi connectivity index (χ4v) is 2.91. The number of nitrogens with one attached hydrogen (secondary N) is 1. The number of carbonyl (C=O) groups is 1. The number of hydrogen-bond acceptors (Lipinski definition) is 2. The average molecular weight is 312 g/mol. The second kappa shape index (κ2) is 5.74. The first-order valence-electron chi connectivity index (χ1n) is 6.37. The molecule has 0 heterocycles. The second-order valence-corrected chi connectivity index (χ2v) is 5.92. The Labute approximate surface area is 116 Å². The first-order valence-corrected chi connectivity index (χ1v) is 7.16. The van der Waals surface area contributed by atoms with Crippen molar-refractivity contribution in [3.63, 3.8) is 0 Å². The molecule has 0 radical (unpaired) electrons. The summed E-state index contributed by atoms with van der Waals surface area (Å²) in [5, 5.41) is 12.6. The summed E-state index contributed by atoms with van der Waals surface area (Å²) in [5.41, 5.74) is 1.06. The molecule has 1 aromatic carbocycles.